The second kappa shape index (κ2) is 16.0. The van der Waals surface area contributed by atoms with Crippen molar-refractivity contribution in [3.63, 3.8) is 0 Å². The van der Waals surface area contributed by atoms with Gasteiger partial charge < -0.3 is 0 Å². The van der Waals surface area contributed by atoms with Gasteiger partial charge >= 0.3 is 0 Å². The van der Waals surface area contributed by atoms with Crippen LogP contribution in [0.25, 0.3) is 89.4 Å². The zero-order valence-corrected chi connectivity index (χ0v) is 35.5. The number of aromatic nitrogens is 3. The van der Waals surface area contributed by atoms with Gasteiger partial charge in [-0.2, -0.15) is 0 Å². The van der Waals surface area contributed by atoms with Crippen LogP contribution in [0, 0.1) is 0 Å². The van der Waals surface area contributed by atoms with Gasteiger partial charge in [-0.1, -0.05) is 231 Å². The summed E-state index contributed by atoms with van der Waals surface area (Å²) in [6.07, 6.45) is 0. The Morgan fingerprint density at radius 2 is 0.738 bits per heavy atom. The molecule has 0 N–H and O–H groups in total. The number of fused-ring (bicyclic) bond motifs is 4. The highest BCUT2D eigenvalue weighted by Crippen LogP contribution is 2.57. The molecule has 0 saturated heterocycles. The molecule has 12 rings (SSSR count). The molecule has 0 fully saturated rings. The van der Waals surface area contributed by atoms with E-state index in [2.05, 4.69) is 224 Å². The van der Waals surface area contributed by atoms with Crippen molar-refractivity contribution in [2.45, 2.75) is 5.41 Å². The number of rotatable bonds is 8. The molecule has 11 aromatic rings. The lowest BCUT2D eigenvalue weighted by Crippen LogP contribution is -2.28. The highest BCUT2D eigenvalue weighted by molar-refractivity contribution is 6.05. The van der Waals surface area contributed by atoms with E-state index in [1.54, 1.807) is 0 Å². The molecule has 3 heteroatoms. The maximum Gasteiger partial charge on any atom is 0.164 e. The SMILES string of the molecule is c1ccc(-c2cccc(-c3nc(-c4ccccc4)nc(-c4cccc(-c5c(-c6ccc7c(c6)C(c6ccccc6)(c6ccccc6)c6ccccc6-7)ccc6ccccc56)c4)n3)c2)cc1. The molecule has 1 aliphatic rings. The van der Waals surface area contributed by atoms with Crippen molar-refractivity contribution in [2.24, 2.45) is 0 Å². The van der Waals surface area contributed by atoms with Gasteiger partial charge in [-0.15, -0.1) is 0 Å². The molecule has 10 aromatic carbocycles. The van der Waals surface area contributed by atoms with Gasteiger partial charge in [0.25, 0.3) is 0 Å². The third-order valence-electron chi connectivity index (χ3n) is 13.0. The van der Waals surface area contributed by atoms with Gasteiger partial charge in [-0.25, -0.2) is 15.0 Å². The van der Waals surface area contributed by atoms with Gasteiger partial charge in [0.05, 0.1) is 5.41 Å². The van der Waals surface area contributed by atoms with Crippen molar-refractivity contribution in [1.29, 1.82) is 0 Å². The van der Waals surface area contributed by atoms with Crippen LogP contribution >= 0.6 is 0 Å². The van der Waals surface area contributed by atoms with Crippen molar-refractivity contribution in [3.05, 3.63) is 271 Å². The summed E-state index contributed by atoms with van der Waals surface area (Å²) in [5.41, 5.74) is 16.7. The van der Waals surface area contributed by atoms with Crippen LogP contribution in [0.15, 0.2) is 249 Å². The molecule has 0 amide bonds. The van der Waals surface area contributed by atoms with E-state index >= 15 is 0 Å². The molecule has 0 saturated carbocycles. The van der Waals surface area contributed by atoms with Crippen molar-refractivity contribution in [1.82, 2.24) is 15.0 Å². The highest BCUT2D eigenvalue weighted by atomic mass is 15.0. The first-order chi connectivity index (χ1) is 32.2. The molecule has 0 spiro atoms. The molecule has 304 valence electrons. The second-order valence-electron chi connectivity index (χ2n) is 16.7. The van der Waals surface area contributed by atoms with Crippen molar-refractivity contribution in [2.75, 3.05) is 0 Å². The van der Waals surface area contributed by atoms with Crippen molar-refractivity contribution < 1.29 is 0 Å². The number of hydrogen-bond acceptors (Lipinski definition) is 3. The summed E-state index contributed by atoms with van der Waals surface area (Å²) < 4.78 is 0. The van der Waals surface area contributed by atoms with Gasteiger partial charge in [0, 0.05) is 16.7 Å². The Morgan fingerprint density at radius 3 is 1.42 bits per heavy atom. The maximum absolute atomic E-state index is 5.22. The fourth-order valence-corrected chi connectivity index (χ4v) is 10.1. The van der Waals surface area contributed by atoms with Crippen LogP contribution in [0.2, 0.25) is 0 Å². The molecular weight excluding hydrogens is 787 g/mol. The average Bonchev–Trinajstić information content (AvgIpc) is 3.69. The first-order valence-corrected chi connectivity index (χ1v) is 22.2. The number of benzene rings is 10. The summed E-state index contributed by atoms with van der Waals surface area (Å²) in [5.74, 6) is 1.88. The van der Waals surface area contributed by atoms with E-state index in [4.69, 9.17) is 15.0 Å². The van der Waals surface area contributed by atoms with Crippen LogP contribution in [-0.2, 0) is 5.41 Å². The smallest absolute Gasteiger partial charge is 0.164 e. The Balaban J connectivity index is 1.05. The largest absolute Gasteiger partial charge is 0.208 e. The molecule has 0 radical (unpaired) electrons. The number of nitrogens with zero attached hydrogens (tertiary/aromatic N) is 3. The third kappa shape index (κ3) is 6.56. The van der Waals surface area contributed by atoms with E-state index in [-0.39, 0.29) is 0 Å². The highest BCUT2D eigenvalue weighted by Gasteiger charge is 2.46. The van der Waals surface area contributed by atoms with Crippen molar-refractivity contribution >= 4 is 10.8 Å². The first kappa shape index (κ1) is 38.2. The summed E-state index contributed by atoms with van der Waals surface area (Å²) in [4.78, 5) is 15.5. The molecule has 1 aliphatic carbocycles. The van der Waals surface area contributed by atoms with Gasteiger partial charge in [-0.05, 0) is 95.7 Å². The van der Waals surface area contributed by atoms with Crippen molar-refractivity contribution in [3.8, 4) is 78.7 Å². The monoisotopic (exact) mass is 827 g/mol. The van der Waals surface area contributed by atoms with Crippen LogP contribution in [0.1, 0.15) is 22.3 Å². The molecule has 0 atom stereocenters. The lowest BCUT2D eigenvalue weighted by atomic mass is 9.67. The molecule has 0 bridgehead atoms. The Kier molecular flexibility index (Phi) is 9.39. The predicted molar refractivity (Wildman–Crippen MR) is 267 cm³/mol. The fourth-order valence-electron chi connectivity index (χ4n) is 10.1. The molecule has 3 nitrogen and oxygen atoms in total. The summed E-state index contributed by atoms with van der Waals surface area (Å²) in [7, 11) is 0. The summed E-state index contributed by atoms with van der Waals surface area (Å²) in [5, 5.41) is 2.36. The van der Waals surface area contributed by atoms with Crippen LogP contribution in [0.4, 0.5) is 0 Å². The van der Waals surface area contributed by atoms with E-state index in [1.165, 1.54) is 49.7 Å². The van der Waals surface area contributed by atoms with E-state index in [9.17, 15) is 0 Å². The van der Waals surface area contributed by atoms with Gasteiger partial charge in [0.1, 0.15) is 0 Å². The minimum Gasteiger partial charge on any atom is -0.208 e. The predicted octanol–water partition coefficient (Wildman–Crippen LogP) is 15.4. The number of hydrogen-bond donors (Lipinski definition) is 0. The zero-order chi connectivity index (χ0) is 43.2. The zero-order valence-electron chi connectivity index (χ0n) is 35.5. The molecular formula is C62H41N3. The first-order valence-electron chi connectivity index (χ1n) is 22.2. The quantitative estimate of drug-likeness (QED) is 0.153. The summed E-state index contributed by atoms with van der Waals surface area (Å²) >= 11 is 0. The van der Waals surface area contributed by atoms with Gasteiger partial charge in [0.15, 0.2) is 17.5 Å². The lowest BCUT2D eigenvalue weighted by molar-refractivity contribution is 0.769. The molecule has 1 heterocycles. The van der Waals surface area contributed by atoms with E-state index in [1.807, 2.05) is 24.3 Å². The third-order valence-corrected chi connectivity index (χ3v) is 13.0. The minimum absolute atomic E-state index is 0.505. The second-order valence-corrected chi connectivity index (χ2v) is 16.7. The van der Waals surface area contributed by atoms with Crippen LogP contribution in [0.5, 0.6) is 0 Å². The van der Waals surface area contributed by atoms with E-state index < -0.39 is 5.41 Å². The van der Waals surface area contributed by atoms with E-state index in [0.29, 0.717) is 17.5 Å². The van der Waals surface area contributed by atoms with E-state index in [0.717, 1.165) is 44.5 Å². The Labute approximate surface area is 379 Å². The Morgan fingerprint density at radius 1 is 0.262 bits per heavy atom. The average molecular weight is 828 g/mol. The minimum atomic E-state index is -0.505. The van der Waals surface area contributed by atoms with Crippen LogP contribution in [0.3, 0.4) is 0 Å². The van der Waals surface area contributed by atoms with Crippen LogP contribution < -0.4 is 0 Å². The van der Waals surface area contributed by atoms with Gasteiger partial charge in [0.2, 0.25) is 0 Å². The Bertz CT molecular complexity index is 3490. The molecule has 1 aromatic heterocycles. The standard InChI is InChI=1S/C62H41N3/c1-5-19-42(20-6-1)45-24-17-26-48(39-45)60-63-59(44-22-7-2-8-23-44)64-61(65-60)49-27-18-25-47(40-49)58-52-32-14-13-21-43(52)35-37-53(58)46-36-38-55-54-33-15-16-34-56(54)62(57(55)41-46,50-28-9-3-10-29-50)51-30-11-4-12-31-51/h1-41H. The Hall–Kier alpha value is -8.53. The van der Waals surface area contributed by atoms with Crippen LogP contribution in [-0.4, -0.2) is 15.0 Å². The molecule has 65 heavy (non-hydrogen) atoms. The molecule has 0 aliphatic heterocycles. The maximum atomic E-state index is 5.22. The van der Waals surface area contributed by atoms with Gasteiger partial charge in [-0.3, -0.25) is 0 Å². The molecule has 0 unspecified atom stereocenters. The lowest BCUT2D eigenvalue weighted by Gasteiger charge is -2.34. The normalized spacial score (nSPS) is 12.4. The summed E-state index contributed by atoms with van der Waals surface area (Å²) in [6.45, 7) is 0. The summed E-state index contributed by atoms with van der Waals surface area (Å²) in [6, 6.07) is 89.2. The fraction of sp³-hybridized carbons (Fsp3) is 0.0161. The topological polar surface area (TPSA) is 38.7 Å².